The van der Waals surface area contributed by atoms with Crippen LogP contribution < -0.4 is 15.5 Å². The molecule has 7 heteroatoms. The fraction of sp³-hybridized carbons (Fsp3) is 0.500. The molecular formula is C20H33IN6. The summed E-state index contributed by atoms with van der Waals surface area (Å²) < 4.78 is 1.94. The van der Waals surface area contributed by atoms with Crippen LogP contribution >= 0.6 is 24.0 Å². The number of hydrogen-bond donors (Lipinski definition) is 2. The van der Waals surface area contributed by atoms with E-state index in [-0.39, 0.29) is 24.0 Å². The summed E-state index contributed by atoms with van der Waals surface area (Å²) in [5, 5.41) is 10.9. The third-order valence-electron chi connectivity index (χ3n) is 4.13. The van der Waals surface area contributed by atoms with Crippen molar-refractivity contribution in [2.75, 3.05) is 38.1 Å². The standard InChI is InChI=1S/C20H32N6.HI/c1-3-21-20(23-14-9-17-26-18-10-15-24-26)22-13-7-8-16-25(2)19-11-5-4-6-12-19;/h4-6,10-12,15,18H,3,7-9,13-14,16-17H2,1-2H3,(H2,21,22,23);1H. The zero-order chi connectivity index (χ0) is 18.5. The first-order valence-corrected chi connectivity index (χ1v) is 9.55. The number of aromatic nitrogens is 2. The first kappa shape index (κ1) is 23.3. The molecule has 1 aromatic carbocycles. The highest BCUT2D eigenvalue weighted by molar-refractivity contribution is 14.0. The van der Waals surface area contributed by atoms with Crippen molar-refractivity contribution in [1.29, 1.82) is 0 Å². The summed E-state index contributed by atoms with van der Waals surface area (Å²) >= 11 is 0. The van der Waals surface area contributed by atoms with Crippen molar-refractivity contribution in [2.24, 2.45) is 4.99 Å². The van der Waals surface area contributed by atoms with E-state index >= 15 is 0 Å². The van der Waals surface area contributed by atoms with E-state index in [1.807, 2.05) is 23.1 Å². The van der Waals surface area contributed by atoms with E-state index in [9.17, 15) is 0 Å². The predicted octanol–water partition coefficient (Wildman–Crippen LogP) is 3.36. The Morgan fingerprint density at radius 2 is 1.93 bits per heavy atom. The number of aliphatic imine (C=N–C) groups is 1. The van der Waals surface area contributed by atoms with E-state index in [0.717, 1.165) is 57.9 Å². The second kappa shape index (κ2) is 14.3. The van der Waals surface area contributed by atoms with Crippen LogP contribution in [0.15, 0.2) is 53.8 Å². The lowest BCUT2D eigenvalue weighted by molar-refractivity contribution is 0.583. The molecule has 0 aliphatic heterocycles. The number of nitrogens with one attached hydrogen (secondary N) is 2. The van der Waals surface area contributed by atoms with Gasteiger partial charge >= 0.3 is 0 Å². The van der Waals surface area contributed by atoms with E-state index in [4.69, 9.17) is 0 Å². The number of anilines is 1. The molecule has 0 saturated heterocycles. The molecule has 6 nitrogen and oxygen atoms in total. The van der Waals surface area contributed by atoms with Crippen molar-refractivity contribution in [1.82, 2.24) is 20.4 Å². The van der Waals surface area contributed by atoms with Gasteiger partial charge in [0.15, 0.2) is 5.96 Å². The van der Waals surface area contributed by atoms with Gasteiger partial charge in [-0.1, -0.05) is 18.2 Å². The van der Waals surface area contributed by atoms with Crippen LogP contribution in [0.3, 0.4) is 0 Å². The topological polar surface area (TPSA) is 57.5 Å². The average molecular weight is 484 g/mol. The smallest absolute Gasteiger partial charge is 0.191 e. The molecule has 0 aliphatic rings. The lowest BCUT2D eigenvalue weighted by atomic mass is 10.2. The zero-order valence-corrected chi connectivity index (χ0v) is 18.8. The van der Waals surface area contributed by atoms with Gasteiger partial charge in [-0.05, 0) is 44.4 Å². The molecule has 0 unspecified atom stereocenters. The number of nitrogens with zero attached hydrogens (tertiary/aromatic N) is 4. The Balaban J connectivity index is 0.00000364. The Labute approximate surface area is 180 Å². The maximum absolute atomic E-state index is 4.64. The van der Waals surface area contributed by atoms with E-state index < -0.39 is 0 Å². The second-order valence-corrected chi connectivity index (χ2v) is 6.27. The third-order valence-corrected chi connectivity index (χ3v) is 4.13. The predicted molar refractivity (Wildman–Crippen MR) is 125 cm³/mol. The summed E-state index contributed by atoms with van der Waals surface area (Å²) in [6, 6.07) is 12.5. The van der Waals surface area contributed by atoms with Crippen molar-refractivity contribution < 1.29 is 0 Å². The summed E-state index contributed by atoms with van der Waals surface area (Å²) in [5.74, 6) is 0.907. The number of halogens is 1. The second-order valence-electron chi connectivity index (χ2n) is 6.27. The fourth-order valence-corrected chi connectivity index (χ4v) is 2.69. The molecule has 1 heterocycles. The fourth-order valence-electron chi connectivity index (χ4n) is 2.69. The van der Waals surface area contributed by atoms with Gasteiger partial charge in [0.1, 0.15) is 0 Å². The molecule has 0 aliphatic carbocycles. The summed E-state index contributed by atoms with van der Waals surface area (Å²) in [6.45, 7) is 6.67. The quantitative estimate of drug-likeness (QED) is 0.222. The van der Waals surface area contributed by atoms with Crippen LogP contribution in [0.4, 0.5) is 5.69 Å². The molecule has 0 amide bonds. The van der Waals surface area contributed by atoms with Crippen molar-refractivity contribution in [3.63, 3.8) is 0 Å². The molecule has 2 N–H and O–H groups in total. The maximum Gasteiger partial charge on any atom is 0.191 e. The van der Waals surface area contributed by atoms with Crippen LogP contribution in [0.2, 0.25) is 0 Å². The van der Waals surface area contributed by atoms with E-state index in [1.165, 1.54) is 5.69 Å². The minimum atomic E-state index is 0. The van der Waals surface area contributed by atoms with Crippen LogP contribution in [0.1, 0.15) is 26.2 Å². The van der Waals surface area contributed by atoms with E-state index in [0.29, 0.717) is 0 Å². The number of benzene rings is 1. The number of hydrogen-bond acceptors (Lipinski definition) is 3. The van der Waals surface area contributed by atoms with Gasteiger partial charge in [0.05, 0.1) is 0 Å². The lowest BCUT2D eigenvalue weighted by Gasteiger charge is -2.19. The summed E-state index contributed by atoms with van der Waals surface area (Å²) in [6.07, 6.45) is 7.05. The monoisotopic (exact) mass is 484 g/mol. The first-order valence-electron chi connectivity index (χ1n) is 9.55. The molecule has 150 valence electrons. The Morgan fingerprint density at radius 3 is 2.63 bits per heavy atom. The summed E-state index contributed by atoms with van der Waals surface area (Å²) in [4.78, 5) is 6.94. The Hall–Kier alpha value is -1.77. The Bertz CT molecular complexity index is 615. The Morgan fingerprint density at radius 1 is 1.11 bits per heavy atom. The van der Waals surface area contributed by atoms with Crippen LogP contribution in [-0.2, 0) is 6.54 Å². The van der Waals surface area contributed by atoms with Crippen LogP contribution in [0.25, 0.3) is 0 Å². The molecule has 2 aromatic rings. The minimum absolute atomic E-state index is 0. The molecule has 0 bridgehead atoms. The summed E-state index contributed by atoms with van der Waals surface area (Å²) in [7, 11) is 2.15. The number of guanidine groups is 1. The number of aryl methyl sites for hydroxylation is 1. The number of unbranched alkanes of at least 4 members (excludes halogenated alkanes) is 1. The highest BCUT2D eigenvalue weighted by Crippen LogP contribution is 2.11. The number of rotatable bonds is 11. The van der Waals surface area contributed by atoms with E-state index in [1.54, 1.807) is 0 Å². The molecule has 0 radical (unpaired) electrons. The van der Waals surface area contributed by atoms with Gasteiger partial charge in [-0.15, -0.1) is 24.0 Å². The molecule has 1 aromatic heterocycles. The van der Waals surface area contributed by atoms with Crippen molar-refractivity contribution in [3.05, 3.63) is 48.8 Å². The average Bonchev–Trinajstić information content (AvgIpc) is 3.19. The molecule has 0 spiro atoms. The highest BCUT2D eigenvalue weighted by Gasteiger charge is 2.00. The van der Waals surface area contributed by atoms with Gasteiger partial charge in [0.25, 0.3) is 0 Å². The van der Waals surface area contributed by atoms with E-state index in [2.05, 4.69) is 69.9 Å². The van der Waals surface area contributed by atoms with Gasteiger partial charge in [-0.25, -0.2) is 0 Å². The maximum atomic E-state index is 4.64. The zero-order valence-electron chi connectivity index (χ0n) is 16.5. The first-order chi connectivity index (χ1) is 12.8. The van der Waals surface area contributed by atoms with Gasteiger partial charge < -0.3 is 15.5 Å². The van der Waals surface area contributed by atoms with Crippen molar-refractivity contribution >= 4 is 35.6 Å². The lowest BCUT2D eigenvalue weighted by Crippen LogP contribution is -2.38. The van der Waals surface area contributed by atoms with Crippen LogP contribution in [-0.4, -0.2) is 49.0 Å². The minimum Gasteiger partial charge on any atom is -0.375 e. The largest absolute Gasteiger partial charge is 0.375 e. The molecule has 0 atom stereocenters. The van der Waals surface area contributed by atoms with Gasteiger partial charge in [-0.2, -0.15) is 5.10 Å². The summed E-state index contributed by atoms with van der Waals surface area (Å²) in [5.41, 5.74) is 1.27. The Kier molecular flexibility index (Phi) is 12.3. The van der Waals surface area contributed by atoms with Gasteiger partial charge in [0, 0.05) is 57.9 Å². The van der Waals surface area contributed by atoms with Gasteiger partial charge in [-0.3, -0.25) is 9.67 Å². The third kappa shape index (κ3) is 9.65. The molecule has 0 fully saturated rings. The molecule has 0 saturated carbocycles. The number of para-hydroxylation sites is 1. The SMILES string of the molecule is CCNC(=NCCCn1cccn1)NCCCCN(C)c1ccccc1.I. The van der Waals surface area contributed by atoms with Crippen molar-refractivity contribution in [2.45, 2.75) is 32.7 Å². The molecular weight excluding hydrogens is 451 g/mol. The van der Waals surface area contributed by atoms with Gasteiger partial charge in [0.2, 0.25) is 0 Å². The van der Waals surface area contributed by atoms with Crippen molar-refractivity contribution in [3.8, 4) is 0 Å². The molecule has 27 heavy (non-hydrogen) atoms. The normalized spacial score (nSPS) is 11.0. The van der Waals surface area contributed by atoms with Crippen LogP contribution in [0, 0.1) is 0 Å². The molecule has 2 rings (SSSR count). The van der Waals surface area contributed by atoms with Crippen LogP contribution in [0.5, 0.6) is 0 Å². The highest BCUT2D eigenvalue weighted by atomic mass is 127.